The first kappa shape index (κ1) is 24.2. The summed E-state index contributed by atoms with van der Waals surface area (Å²) in [4.78, 5) is 41.5. The molecule has 33 heavy (non-hydrogen) atoms. The maximum Gasteiger partial charge on any atom is 0.408 e. The van der Waals surface area contributed by atoms with E-state index < -0.39 is 30.1 Å². The Labute approximate surface area is 192 Å². The number of nitrogens with one attached hydrogen (secondary N) is 1. The summed E-state index contributed by atoms with van der Waals surface area (Å²) in [5.41, 5.74) is 2.88. The summed E-state index contributed by atoms with van der Waals surface area (Å²) in [5, 5.41) is 12.2. The van der Waals surface area contributed by atoms with E-state index in [0.717, 1.165) is 27.3 Å². The van der Waals surface area contributed by atoms with E-state index >= 15 is 0 Å². The molecule has 0 bridgehead atoms. The van der Waals surface area contributed by atoms with Gasteiger partial charge in [-0.25, -0.2) is 14.7 Å². The molecule has 0 radical (unpaired) electrons. The minimum atomic E-state index is -1.48. The smallest absolute Gasteiger partial charge is 0.408 e. The minimum absolute atomic E-state index is 0.0895. The number of amides is 2. The average Bonchev–Trinajstić information content (AvgIpc) is 3.14. The Morgan fingerprint density at radius 3 is 2.15 bits per heavy atom. The van der Waals surface area contributed by atoms with Gasteiger partial charge >= 0.3 is 12.1 Å². The van der Waals surface area contributed by atoms with E-state index in [0.29, 0.717) is 0 Å². The number of alkyl carbamates (subject to hydrolysis) is 1. The van der Waals surface area contributed by atoms with E-state index in [1.54, 1.807) is 6.92 Å². The molecular weight excluding hydrogens is 428 g/mol. The number of rotatable bonds is 10. The van der Waals surface area contributed by atoms with Gasteiger partial charge in [-0.15, -0.1) is 0 Å². The van der Waals surface area contributed by atoms with E-state index in [1.807, 2.05) is 48.5 Å². The van der Waals surface area contributed by atoms with Gasteiger partial charge in [-0.1, -0.05) is 55.5 Å². The van der Waals surface area contributed by atoms with Crippen LogP contribution in [0.5, 0.6) is 0 Å². The molecule has 9 nitrogen and oxygen atoms in total. The van der Waals surface area contributed by atoms with E-state index in [9.17, 15) is 14.4 Å². The lowest BCUT2D eigenvalue weighted by Crippen LogP contribution is -2.61. The third-order valence-electron chi connectivity index (χ3n) is 5.76. The van der Waals surface area contributed by atoms with Crippen LogP contribution >= 0.6 is 0 Å². The molecule has 0 saturated heterocycles. The number of nitrogens with zero attached hydrogens (tertiary/aromatic N) is 1. The van der Waals surface area contributed by atoms with Crippen LogP contribution in [0.25, 0.3) is 11.1 Å². The average molecular weight is 456 g/mol. The predicted molar refractivity (Wildman–Crippen MR) is 119 cm³/mol. The van der Waals surface area contributed by atoms with Crippen LogP contribution in [0.3, 0.4) is 0 Å². The summed E-state index contributed by atoms with van der Waals surface area (Å²) in [6.07, 6.45) is -0.610. The standard InChI is InChI=1S/C24H28N2O7/c1-4-24(15-31-3,22(29)26(2)33-14-21(27)28)25-23(30)32-13-20-18-11-7-5-9-16(18)17-10-6-8-12-19(17)20/h5-12,20H,4,13-15H2,1-3H3,(H,25,30)(H,27,28). The molecule has 2 amide bonds. The number of carbonyl (C=O) groups is 3. The molecule has 1 aliphatic carbocycles. The highest BCUT2D eigenvalue weighted by atomic mass is 16.7. The van der Waals surface area contributed by atoms with Gasteiger partial charge in [0.2, 0.25) is 0 Å². The van der Waals surface area contributed by atoms with E-state index in [1.165, 1.54) is 14.2 Å². The SMILES string of the molecule is CCC(COC)(NC(=O)OCC1c2ccccc2-c2ccccc21)C(=O)N(C)OCC(=O)O. The summed E-state index contributed by atoms with van der Waals surface area (Å²) >= 11 is 0. The molecule has 2 aromatic rings. The number of methoxy groups -OCH3 is 1. The number of hydrogen-bond donors (Lipinski definition) is 2. The van der Waals surface area contributed by atoms with Gasteiger partial charge in [0.05, 0.1) is 6.61 Å². The Bertz CT molecular complexity index is 980. The molecule has 1 unspecified atom stereocenters. The monoisotopic (exact) mass is 456 g/mol. The lowest BCUT2D eigenvalue weighted by molar-refractivity contribution is -0.193. The van der Waals surface area contributed by atoms with Crippen LogP contribution in [0.4, 0.5) is 4.79 Å². The maximum absolute atomic E-state index is 13.0. The van der Waals surface area contributed by atoms with Crippen molar-refractivity contribution in [3.63, 3.8) is 0 Å². The molecule has 1 aliphatic rings. The summed E-state index contributed by atoms with van der Waals surface area (Å²) in [6.45, 7) is 0.950. The lowest BCUT2D eigenvalue weighted by atomic mass is 9.96. The number of benzene rings is 2. The molecule has 3 rings (SSSR count). The zero-order chi connectivity index (χ0) is 24.0. The summed E-state index contributed by atoms with van der Waals surface area (Å²) in [5.74, 6) is -2.01. The number of ether oxygens (including phenoxy) is 2. The zero-order valence-corrected chi connectivity index (χ0v) is 18.9. The van der Waals surface area contributed by atoms with Gasteiger partial charge in [-0.3, -0.25) is 9.63 Å². The first-order valence-electron chi connectivity index (χ1n) is 10.6. The number of hydrogen-bond acceptors (Lipinski definition) is 6. The number of hydroxylamine groups is 2. The van der Waals surface area contributed by atoms with Gasteiger partial charge in [0, 0.05) is 20.1 Å². The largest absolute Gasteiger partial charge is 0.479 e. The van der Waals surface area contributed by atoms with Gasteiger partial charge in [-0.2, -0.15) is 0 Å². The number of carboxylic acid groups (broad SMARTS) is 1. The number of carbonyl (C=O) groups excluding carboxylic acids is 2. The van der Waals surface area contributed by atoms with Crippen molar-refractivity contribution in [2.75, 3.05) is 34.0 Å². The van der Waals surface area contributed by atoms with Crippen molar-refractivity contribution in [2.45, 2.75) is 24.8 Å². The van der Waals surface area contributed by atoms with Gasteiger partial charge in [0.25, 0.3) is 5.91 Å². The maximum atomic E-state index is 13.0. The Morgan fingerprint density at radius 2 is 1.64 bits per heavy atom. The molecule has 2 aromatic carbocycles. The van der Waals surface area contributed by atoms with Crippen LogP contribution in [0.1, 0.15) is 30.4 Å². The van der Waals surface area contributed by atoms with Crippen molar-refractivity contribution in [1.82, 2.24) is 10.4 Å². The molecule has 0 heterocycles. The highest BCUT2D eigenvalue weighted by Crippen LogP contribution is 2.44. The first-order chi connectivity index (χ1) is 15.8. The Kier molecular flexibility index (Phi) is 7.67. The van der Waals surface area contributed by atoms with Crippen LogP contribution < -0.4 is 5.32 Å². The van der Waals surface area contributed by atoms with Crippen molar-refractivity contribution in [3.8, 4) is 11.1 Å². The Balaban J connectivity index is 1.72. The van der Waals surface area contributed by atoms with Crippen molar-refractivity contribution in [2.24, 2.45) is 0 Å². The second-order valence-corrected chi connectivity index (χ2v) is 7.79. The molecule has 0 saturated carbocycles. The third kappa shape index (κ3) is 5.15. The van der Waals surface area contributed by atoms with Crippen LogP contribution in [0, 0.1) is 0 Å². The molecule has 1 atom stereocenters. The summed E-state index contributed by atoms with van der Waals surface area (Å²) in [7, 11) is 2.68. The number of aliphatic carboxylic acids is 1. The quantitative estimate of drug-likeness (QED) is 0.529. The normalized spacial score (nSPS) is 14.0. The predicted octanol–water partition coefficient (Wildman–Crippen LogP) is 2.79. The highest BCUT2D eigenvalue weighted by Gasteiger charge is 2.42. The molecule has 0 aromatic heterocycles. The van der Waals surface area contributed by atoms with E-state index in [2.05, 4.69) is 5.32 Å². The van der Waals surface area contributed by atoms with Crippen molar-refractivity contribution < 1.29 is 33.8 Å². The second kappa shape index (κ2) is 10.5. The fourth-order valence-corrected chi connectivity index (χ4v) is 4.08. The first-order valence-corrected chi connectivity index (χ1v) is 10.6. The Hall–Kier alpha value is -3.43. The number of likely N-dealkylation sites (N-methyl/N-ethyl adjacent to an activating group) is 1. The van der Waals surface area contributed by atoms with Gasteiger partial charge in [-0.05, 0) is 28.7 Å². The van der Waals surface area contributed by atoms with E-state index in [4.69, 9.17) is 19.4 Å². The molecule has 176 valence electrons. The van der Waals surface area contributed by atoms with Crippen LogP contribution in [0.2, 0.25) is 0 Å². The lowest BCUT2D eigenvalue weighted by Gasteiger charge is -2.34. The van der Waals surface area contributed by atoms with Crippen molar-refractivity contribution in [1.29, 1.82) is 0 Å². The topological polar surface area (TPSA) is 114 Å². The Morgan fingerprint density at radius 1 is 1.06 bits per heavy atom. The van der Waals surface area contributed by atoms with Crippen LogP contribution in [-0.4, -0.2) is 67.7 Å². The number of fused-ring (bicyclic) bond motifs is 3. The molecule has 0 aliphatic heterocycles. The van der Waals surface area contributed by atoms with Crippen LogP contribution in [-0.2, 0) is 23.9 Å². The third-order valence-corrected chi connectivity index (χ3v) is 5.76. The molecule has 0 fully saturated rings. The summed E-state index contributed by atoms with van der Waals surface area (Å²) < 4.78 is 10.7. The van der Waals surface area contributed by atoms with Crippen molar-refractivity contribution in [3.05, 3.63) is 59.7 Å². The van der Waals surface area contributed by atoms with Gasteiger partial charge in [0.1, 0.15) is 12.1 Å². The molecule has 0 spiro atoms. The molecular formula is C24H28N2O7. The van der Waals surface area contributed by atoms with Gasteiger partial charge in [0.15, 0.2) is 6.61 Å². The summed E-state index contributed by atoms with van der Waals surface area (Å²) in [6, 6.07) is 16.0. The molecule has 9 heteroatoms. The van der Waals surface area contributed by atoms with Gasteiger partial charge < -0.3 is 19.9 Å². The number of carboxylic acids is 1. The molecule has 2 N–H and O–H groups in total. The van der Waals surface area contributed by atoms with Crippen LogP contribution in [0.15, 0.2) is 48.5 Å². The second-order valence-electron chi connectivity index (χ2n) is 7.79. The zero-order valence-electron chi connectivity index (χ0n) is 18.9. The van der Waals surface area contributed by atoms with E-state index in [-0.39, 0.29) is 25.6 Å². The van der Waals surface area contributed by atoms with Crippen molar-refractivity contribution >= 4 is 18.0 Å². The fourth-order valence-electron chi connectivity index (χ4n) is 4.08. The fraction of sp³-hybridized carbons (Fsp3) is 0.375. The highest BCUT2D eigenvalue weighted by molar-refractivity contribution is 5.89. The minimum Gasteiger partial charge on any atom is -0.479 e.